The minimum atomic E-state index is -0.350. The van der Waals surface area contributed by atoms with Gasteiger partial charge in [0.15, 0.2) is 0 Å². The Labute approximate surface area is 116 Å². The van der Waals surface area contributed by atoms with Gasteiger partial charge in [-0.1, -0.05) is 0 Å². The molecule has 0 spiro atoms. The summed E-state index contributed by atoms with van der Waals surface area (Å²) in [6.07, 6.45) is 0. The maximum Gasteiger partial charge on any atom is 0.277 e. The summed E-state index contributed by atoms with van der Waals surface area (Å²) >= 11 is 0. The number of nitrogens with one attached hydrogen (secondary N) is 1. The highest BCUT2D eigenvalue weighted by Crippen LogP contribution is 2.20. The van der Waals surface area contributed by atoms with Crippen molar-refractivity contribution >= 4 is 5.84 Å². The first-order valence-corrected chi connectivity index (χ1v) is 6.17. The molecular formula is C14H16N4O2. The molecule has 2 rings (SSSR count). The van der Waals surface area contributed by atoms with Crippen molar-refractivity contribution in [3.05, 3.63) is 46.2 Å². The van der Waals surface area contributed by atoms with E-state index in [1.54, 1.807) is 13.2 Å². The Hall–Kier alpha value is -2.63. The van der Waals surface area contributed by atoms with Gasteiger partial charge in [0.1, 0.15) is 11.6 Å². The first-order valence-electron chi connectivity index (χ1n) is 6.17. The fourth-order valence-corrected chi connectivity index (χ4v) is 1.85. The molecule has 0 aliphatic carbocycles. The molecule has 0 fully saturated rings. The average Bonchev–Trinajstić information content (AvgIpc) is 2.47. The second-order valence-corrected chi connectivity index (χ2v) is 4.21. The number of hydrogen-bond donors (Lipinski definition) is 2. The zero-order valence-electron chi connectivity index (χ0n) is 11.4. The van der Waals surface area contributed by atoms with Gasteiger partial charge in [-0.3, -0.25) is 10.2 Å². The highest BCUT2D eigenvalue weighted by Gasteiger charge is 2.11. The lowest BCUT2D eigenvalue weighted by Gasteiger charge is -2.09. The summed E-state index contributed by atoms with van der Waals surface area (Å²) in [7, 11) is 1.60. The Bertz CT molecular complexity index is 689. The summed E-state index contributed by atoms with van der Waals surface area (Å²) in [6, 6.07) is 8.85. The second kappa shape index (κ2) is 5.56. The molecular weight excluding hydrogens is 256 g/mol. The number of aromatic nitrogens is 2. The van der Waals surface area contributed by atoms with Crippen molar-refractivity contribution in [1.29, 1.82) is 5.41 Å². The number of rotatable bonds is 4. The molecule has 0 bridgehead atoms. The molecule has 1 heterocycles. The first kappa shape index (κ1) is 13.8. The molecule has 1 aromatic carbocycles. The number of hydrogen-bond acceptors (Lipinski definition) is 4. The highest BCUT2D eigenvalue weighted by atomic mass is 16.5. The van der Waals surface area contributed by atoms with Crippen molar-refractivity contribution in [2.24, 2.45) is 5.73 Å². The van der Waals surface area contributed by atoms with Crippen LogP contribution in [0.15, 0.2) is 35.1 Å². The van der Waals surface area contributed by atoms with E-state index < -0.39 is 0 Å². The lowest BCUT2D eigenvalue weighted by Crippen LogP contribution is -2.31. The summed E-state index contributed by atoms with van der Waals surface area (Å²) in [5, 5.41) is 11.8. The fraction of sp³-hybridized carbons (Fsp3) is 0.214. The topological polar surface area (TPSA) is 94.0 Å². The molecule has 0 aliphatic rings. The largest absolute Gasteiger partial charge is 0.497 e. The zero-order chi connectivity index (χ0) is 14.7. The van der Waals surface area contributed by atoms with E-state index in [1.165, 1.54) is 4.68 Å². The van der Waals surface area contributed by atoms with E-state index in [1.807, 2.05) is 31.2 Å². The van der Waals surface area contributed by atoms with Crippen LogP contribution >= 0.6 is 0 Å². The van der Waals surface area contributed by atoms with Crippen LogP contribution in [0.25, 0.3) is 11.3 Å². The predicted octanol–water partition coefficient (Wildman–Crippen LogP) is 1.22. The standard InChI is InChI=1S/C14H16N4O2/c1-3-18-14(19)11(13(15)16)8-12(17-18)9-4-6-10(20-2)7-5-9/h4-8H,3H2,1-2H3,(H3,15,16). The molecule has 1 aromatic heterocycles. The monoisotopic (exact) mass is 272 g/mol. The molecule has 0 atom stereocenters. The smallest absolute Gasteiger partial charge is 0.277 e. The number of amidine groups is 1. The summed E-state index contributed by atoms with van der Waals surface area (Å²) in [4.78, 5) is 12.0. The van der Waals surface area contributed by atoms with E-state index in [2.05, 4.69) is 5.10 Å². The van der Waals surface area contributed by atoms with Gasteiger partial charge in [0.2, 0.25) is 0 Å². The molecule has 20 heavy (non-hydrogen) atoms. The first-order chi connectivity index (χ1) is 9.56. The Balaban J connectivity index is 2.58. The van der Waals surface area contributed by atoms with Crippen molar-refractivity contribution in [1.82, 2.24) is 9.78 Å². The van der Waals surface area contributed by atoms with Gasteiger partial charge in [-0.15, -0.1) is 0 Å². The van der Waals surface area contributed by atoms with Crippen molar-refractivity contribution in [2.45, 2.75) is 13.5 Å². The van der Waals surface area contributed by atoms with Crippen LogP contribution in [0.3, 0.4) is 0 Å². The summed E-state index contributed by atoms with van der Waals surface area (Å²) in [5.74, 6) is 0.485. The van der Waals surface area contributed by atoms with Crippen LogP contribution in [-0.2, 0) is 6.54 Å². The molecule has 0 aliphatic heterocycles. The quantitative estimate of drug-likeness (QED) is 0.646. The van der Waals surface area contributed by atoms with Crippen LogP contribution in [-0.4, -0.2) is 22.7 Å². The number of benzene rings is 1. The molecule has 2 aromatic rings. The van der Waals surface area contributed by atoms with Gasteiger partial charge in [-0.25, -0.2) is 4.68 Å². The van der Waals surface area contributed by atoms with Gasteiger partial charge in [-0.05, 0) is 37.3 Å². The van der Waals surface area contributed by atoms with E-state index in [4.69, 9.17) is 15.9 Å². The van der Waals surface area contributed by atoms with E-state index in [9.17, 15) is 4.79 Å². The van der Waals surface area contributed by atoms with Crippen LogP contribution in [0.5, 0.6) is 5.75 Å². The van der Waals surface area contributed by atoms with E-state index in [0.717, 1.165) is 11.3 Å². The summed E-state index contributed by atoms with van der Waals surface area (Å²) in [6.45, 7) is 2.24. The lowest BCUT2D eigenvalue weighted by atomic mass is 10.1. The number of methoxy groups -OCH3 is 1. The van der Waals surface area contributed by atoms with Gasteiger partial charge in [0.25, 0.3) is 5.56 Å². The van der Waals surface area contributed by atoms with E-state index >= 15 is 0 Å². The Morgan fingerprint density at radius 3 is 2.55 bits per heavy atom. The molecule has 0 unspecified atom stereocenters. The molecule has 6 heteroatoms. The molecule has 6 nitrogen and oxygen atoms in total. The normalized spacial score (nSPS) is 10.3. The number of ether oxygens (including phenoxy) is 1. The third-order valence-corrected chi connectivity index (χ3v) is 2.95. The number of nitrogens with zero attached hydrogens (tertiary/aromatic N) is 2. The van der Waals surface area contributed by atoms with Crippen molar-refractivity contribution in [3.8, 4) is 17.0 Å². The Morgan fingerprint density at radius 1 is 1.40 bits per heavy atom. The number of nitrogen functional groups attached to an aromatic ring is 1. The molecule has 104 valence electrons. The summed E-state index contributed by atoms with van der Waals surface area (Å²) < 4.78 is 6.40. The molecule has 0 saturated heterocycles. The SMILES string of the molecule is CCn1nc(-c2ccc(OC)cc2)cc(C(=N)N)c1=O. The third-order valence-electron chi connectivity index (χ3n) is 2.95. The maximum atomic E-state index is 12.0. The van der Waals surface area contributed by atoms with Gasteiger partial charge in [0, 0.05) is 12.1 Å². The molecule has 0 amide bonds. The van der Waals surface area contributed by atoms with Crippen molar-refractivity contribution in [3.63, 3.8) is 0 Å². The van der Waals surface area contributed by atoms with Crippen LogP contribution < -0.4 is 16.0 Å². The minimum absolute atomic E-state index is 0.160. The fourth-order valence-electron chi connectivity index (χ4n) is 1.85. The van der Waals surface area contributed by atoms with Gasteiger partial charge < -0.3 is 10.5 Å². The molecule has 0 saturated carbocycles. The zero-order valence-corrected chi connectivity index (χ0v) is 11.4. The predicted molar refractivity (Wildman–Crippen MR) is 77.2 cm³/mol. The second-order valence-electron chi connectivity index (χ2n) is 4.21. The number of nitrogens with two attached hydrogens (primary N) is 1. The van der Waals surface area contributed by atoms with Gasteiger partial charge >= 0.3 is 0 Å². The van der Waals surface area contributed by atoms with Crippen molar-refractivity contribution < 1.29 is 4.74 Å². The van der Waals surface area contributed by atoms with Crippen molar-refractivity contribution in [2.75, 3.05) is 7.11 Å². The average molecular weight is 272 g/mol. The van der Waals surface area contributed by atoms with E-state index in [0.29, 0.717) is 12.2 Å². The van der Waals surface area contributed by atoms with Gasteiger partial charge in [0.05, 0.1) is 18.4 Å². The summed E-state index contributed by atoms with van der Waals surface area (Å²) in [5.41, 5.74) is 6.69. The van der Waals surface area contributed by atoms with Crippen LogP contribution in [0.4, 0.5) is 0 Å². The van der Waals surface area contributed by atoms with Crippen LogP contribution in [0.2, 0.25) is 0 Å². The molecule has 0 radical (unpaired) electrons. The third kappa shape index (κ3) is 2.54. The van der Waals surface area contributed by atoms with Gasteiger partial charge in [-0.2, -0.15) is 5.10 Å². The van der Waals surface area contributed by atoms with E-state index in [-0.39, 0.29) is 17.0 Å². The Morgan fingerprint density at radius 2 is 2.05 bits per heavy atom. The van der Waals surface area contributed by atoms with Crippen LogP contribution in [0, 0.1) is 5.41 Å². The Kier molecular flexibility index (Phi) is 3.84. The lowest BCUT2D eigenvalue weighted by molar-refractivity contribution is 0.415. The highest BCUT2D eigenvalue weighted by molar-refractivity contribution is 5.95. The maximum absolute atomic E-state index is 12.0. The number of aryl methyl sites for hydroxylation is 1. The van der Waals surface area contributed by atoms with Crippen LogP contribution in [0.1, 0.15) is 12.5 Å². The minimum Gasteiger partial charge on any atom is -0.497 e. The molecule has 3 N–H and O–H groups in total.